The molecule has 7 nitrogen and oxygen atoms in total. The molecule has 0 bridgehead atoms. The third kappa shape index (κ3) is 6.72. The van der Waals surface area contributed by atoms with Gasteiger partial charge < -0.3 is 24.8 Å². The molecular formula is C27H34BrN3O4. The van der Waals surface area contributed by atoms with Gasteiger partial charge in [0.15, 0.2) is 11.6 Å². The molecule has 3 rings (SSSR count). The maximum Gasteiger partial charge on any atom is 0.252 e. The van der Waals surface area contributed by atoms with Crippen molar-refractivity contribution >= 4 is 27.7 Å². The lowest BCUT2D eigenvalue weighted by molar-refractivity contribution is -0.128. The maximum absolute atomic E-state index is 13.7. The summed E-state index contributed by atoms with van der Waals surface area (Å²) in [6.07, 6.45) is 2.82. The van der Waals surface area contributed by atoms with Gasteiger partial charge in [0.05, 0.1) is 6.61 Å². The smallest absolute Gasteiger partial charge is 0.252 e. The largest absolute Gasteiger partial charge is 0.494 e. The van der Waals surface area contributed by atoms with Crippen LogP contribution in [-0.4, -0.2) is 67.7 Å². The number of benzene rings is 2. The van der Waals surface area contributed by atoms with E-state index in [1.807, 2.05) is 62.6 Å². The first kappa shape index (κ1) is 26.9. The Morgan fingerprint density at radius 1 is 1.26 bits per heavy atom. The molecule has 0 saturated heterocycles. The van der Waals surface area contributed by atoms with Gasteiger partial charge in [-0.15, -0.1) is 6.58 Å². The van der Waals surface area contributed by atoms with Gasteiger partial charge in [-0.2, -0.15) is 0 Å². The molecule has 1 amide bonds. The number of carbonyl (C=O) groups is 1. The minimum Gasteiger partial charge on any atom is -0.494 e. The van der Waals surface area contributed by atoms with Crippen LogP contribution in [0, 0.1) is 0 Å². The van der Waals surface area contributed by atoms with E-state index in [1.54, 1.807) is 6.08 Å². The van der Waals surface area contributed by atoms with Gasteiger partial charge in [-0.25, -0.2) is 4.99 Å². The summed E-state index contributed by atoms with van der Waals surface area (Å²) in [6.45, 7) is 5.85. The van der Waals surface area contributed by atoms with Crippen LogP contribution in [0.3, 0.4) is 0 Å². The summed E-state index contributed by atoms with van der Waals surface area (Å²) < 4.78 is 12.9. The summed E-state index contributed by atoms with van der Waals surface area (Å²) in [4.78, 5) is 20.6. The number of nitrogens with zero attached hydrogens (tertiary/aromatic N) is 2. The number of aliphatic hydroxyl groups is 1. The SMILES string of the molecule is C=CC[C@@]1(C(=O)NCCCN(C)C)N=C(c2ccc(OCCCO)cc2)O[C@@H]1c1ccccc1Br. The van der Waals surface area contributed by atoms with Crippen molar-refractivity contribution in [2.24, 2.45) is 4.99 Å². The topological polar surface area (TPSA) is 83.4 Å². The Labute approximate surface area is 216 Å². The van der Waals surface area contributed by atoms with E-state index < -0.39 is 11.6 Å². The lowest BCUT2D eigenvalue weighted by Crippen LogP contribution is -2.48. The number of amides is 1. The van der Waals surface area contributed by atoms with E-state index in [2.05, 4.69) is 32.7 Å². The molecule has 1 aliphatic heterocycles. The van der Waals surface area contributed by atoms with Crippen LogP contribution < -0.4 is 10.1 Å². The first-order valence-electron chi connectivity index (χ1n) is 11.8. The monoisotopic (exact) mass is 543 g/mol. The standard InChI is InChI=1S/C27H34BrN3O4/c1-4-15-27(26(33)29-16-7-17-31(2)3)24(22-9-5-6-10-23(22)28)35-25(30-27)20-11-13-21(14-12-20)34-19-8-18-32/h4-6,9-14,24,32H,1,7-8,15-19H2,2-3H3,(H,29,33)/t24-,27-/m1/s1. The molecular weight excluding hydrogens is 510 g/mol. The zero-order chi connectivity index (χ0) is 25.3. The highest BCUT2D eigenvalue weighted by Crippen LogP contribution is 2.44. The number of carbonyl (C=O) groups excluding carboxylic acids is 1. The quantitative estimate of drug-likeness (QED) is 0.293. The van der Waals surface area contributed by atoms with Crippen molar-refractivity contribution in [2.45, 2.75) is 30.9 Å². The number of hydrogen-bond acceptors (Lipinski definition) is 6. The second kappa shape index (κ2) is 12.9. The molecule has 1 heterocycles. The molecule has 0 unspecified atom stereocenters. The molecule has 8 heteroatoms. The number of ether oxygens (including phenoxy) is 2. The Bertz CT molecular complexity index is 1030. The number of aliphatic imine (C=N–C) groups is 1. The highest BCUT2D eigenvalue weighted by Gasteiger charge is 2.52. The Morgan fingerprint density at radius 3 is 2.66 bits per heavy atom. The summed E-state index contributed by atoms with van der Waals surface area (Å²) in [6, 6.07) is 15.1. The van der Waals surface area contributed by atoms with Crippen molar-refractivity contribution in [3.05, 3.63) is 76.8 Å². The first-order chi connectivity index (χ1) is 16.9. The van der Waals surface area contributed by atoms with Crippen LogP contribution in [0.15, 0.2) is 70.7 Å². The van der Waals surface area contributed by atoms with Crippen LogP contribution >= 0.6 is 15.9 Å². The van der Waals surface area contributed by atoms with Crippen LogP contribution in [0.2, 0.25) is 0 Å². The van der Waals surface area contributed by atoms with Gasteiger partial charge in [0, 0.05) is 41.6 Å². The van der Waals surface area contributed by atoms with Crippen molar-refractivity contribution in [1.82, 2.24) is 10.2 Å². The summed E-state index contributed by atoms with van der Waals surface area (Å²) >= 11 is 3.63. The highest BCUT2D eigenvalue weighted by molar-refractivity contribution is 9.10. The van der Waals surface area contributed by atoms with Gasteiger partial charge in [-0.3, -0.25) is 4.79 Å². The summed E-state index contributed by atoms with van der Waals surface area (Å²) in [5.41, 5.74) is 0.415. The van der Waals surface area contributed by atoms with Crippen LogP contribution in [-0.2, 0) is 9.53 Å². The third-order valence-corrected chi connectivity index (χ3v) is 6.46. The van der Waals surface area contributed by atoms with E-state index in [4.69, 9.17) is 19.6 Å². The first-order valence-corrected chi connectivity index (χ1v) is 12.6. The van der Waals surface area contributed by atoms with Crippen LogP contribution in [0.4, 0.5) is 0 Å². The van der Waals surface area contributed by atoms with Crippen molar-refractivity contribution in [3.63, 3.8) is 0 Å². The minimum absolute atomic E-state index is 0.0851. The van der Waals surface area contributed by atoms with E-state index >= 15 is 0 Å². The van der Waals surface area contributed by atoms with Gasteiger partial charge in [-0.05, 0) is 57.4 Å². The normalized spacial score (nSPS) is 19.2. The average molecular weight is 544 g/mol. The zero-order valence-electron chi connectivity index (χ0n) is 20.4. The molecule has 2 N–H and O–H groups in total. The van der Waals surface area contributed by atoms with E-state index in [1.165, 1.54) is 0 Å². The molecule has 0 radical (unpaired) electrons. The number of aliphatic hydroxyl groups excluding tert-OH is 1. The van der Waals surface area contributed by atoms with Crippen molar-refractivity contribution in [1.29, 1.82) is 0 Å². The fraction of sp³-hybridized carbons (Fsp3) is 0.407. The van der Waals surface area contributed by atoms with Crippen LogP contribution in [0.1, 0.15) is 36.5 Å². The van der Waals surface area contributed by atoms with Crippen molar-refractivity contribution in [3.8, 4) is 5.75 Å². The minimum atomic E-state index is -1.19. The lowest BCUT2D eigenvalue weighted by Gasteiger charge is -2.30. The van der Waals surface area contributed by atoms with Gasteiger partial charge in [0.1, 0.15) is 5.75 Å². The Balaban J connectivity index is 1.93. The predicted molar refractivity (Wildman–Crippen MR) is 142 cm³/mol. The molecule has 0 aromatic heterocycles. The Morgan fingerprint density at radius 2 is 2.00 bits per heavy atom. The van der Waals surface area contributed by atoms with Crippen molar-refractivity contribution < 1.29 is 19.4 Å². The summed E-state index contributed by atoms with van der Waals surface area (Å²) in [7, 11) is 4.02. The molecule has 2 atom stereocenters. The molecule has 35 heavy (non-hydrogen) atoms. The Kier molecular flexibility index (Phi) is 9.89. The molecule has 2 aromatic carbocycles. The molecule has 188 valence electrons. The van der Waals surface area contributed by atoms with Crippen molar-refractivity contribution in [2.75, 3.05) is 40.4 Å². The molecule has 0 fully saturated rings. The third-order valence-electron chi connectivity index (χ3n) is 5.74. The van der Waals surface area contributed by atoms with Gasteiger partial charge in [-0.1, -0.05) is 40.2 Å². The second-order valence-electron chi connectivity index (χ2n) is 8.72. The number of halogens is 1. The zero-order valence-corrected chi connectivity index (χ0v) is 22.0. The fourth-order valence-electron chi connectivity index (χ4n) is 3.95. The summed E-state index contributed by atoms with van der Waals surface area (Å²) in [5.74, 6) is 0.910. The molecule has 2 aromatic rings. The number of nitrogens with one attached hydrogen (secondary N) is 1. The van der Waals surface area contributed by atoms with E-state index in [0.717, 1.165) is 28.6 Å². The average Bonchev–Trinajstić information content (AvgIpc) is 3.23. The van der Waals surface area contributed by atoms with E-state index in [9.17, 15) is 4.79 Å². The fourth-order valence-corrected chi connectivity index (χ4v) is 4.44. The molecule has 0 saturated carbocycles. The van der Waals surface area contributed by atoms with Gasteiger partial charge in [0.2, 0.25) is 5.90 Å². The second-order valence-corrected chi connectivity index (χ2v) is 9.57. The van der Waals surface area contributed by atoms with Gasteiger partial charge >= 0.3 is 0 Å². The summed E-state index contributed by atoms with van der Waals surface area (Å²) in [5, 5.41) is 12.0. The van der Waals surface area contributed by atoms with Gasteiger partial charge in [0.25, 0.3) is 5.91 Å². The molecule has 1 aliphatic rings. The maximum atomic E-state index is 13.7. The highest BCUT2D eigenvalue weighted by atomic mass is 79.9. The molecule has 0 spiro atoms. The lowest BCUT2D eigenvalue weighted by atomic mass is 9.84. The van der Waals surface area contributed by atoms with E-state index in [-0.39, 0.29) is 12.5 Å². The van der Waals surface area contributed by atoms with E-state index in [0.29, 0.717) is 37.6 Å². The van der Waals surface area contributed by atoms with Crippen LogP contribution in [0.5, 0.6) is 5.75 Å². The number of rotatable bonds is 13. The molecule has 0 aliphatic carbocycles. The number of hydrogen-bond donors (Lipinski definition) is 2. The predicted octanol–water partition coefficient (Wildman–Crippen LogP) is 4.11. The van der Waals surface area contributed by atoms with Crippen LogP contribution in [0.25, 0.3) is 0 Å². The Hall–Kier alpha value is -2.68.